The molecule has 5 heteroatoms. The van der Waals surface area contributed by atoms with E-state index in [2.05, 4.69) is 36.1 Å². The van der Waals surface area contributed by atoms with Gasteiger partial charge in [-0.05, 0) is 29.2 Å². The first-order valence-corrected chi connectivity index (χ1v) is 8.95. The Morgan fingerprint density at radius 3 is 2.70 bits per heavy atom. The second kappa shape index (κ2) is 6.20. The van der Waals surface area contributed by atoms with Crippen molar-refractivity contribution in [3.63, 3.8) is 0 Å². The lowest BCUT2D eigenvalue weighted by Gasteiger charge is -2.34. The number of aromatic amines is 1. The van der Waals surface area contributed by atoms with Crippen LogP contribution in [0.1, 0.15) is 31.1 Å². The summed E-state index contributed by atoms with van der Waals surface area (Å²) in [4.78, 5) is 32.1. The molecule has 2 heterocycles. The molecule has 4 rings (SSSR count). The number of carbonyl (C=O) groups is 2. The molecule has 1 aliphatic carbocycles. The first kappa shape index (κ1) is 17.2. The van der Waals surface area contributed by atoms with Gasteiger partial charge in [0.2, 0.25) is 5.91 Å². The fourth-order valence-corrected chi connectivity index (χ4v) is 3.57. The van der Waals surface area contributed by atoms with Crippen molar-refractivity contribution >= 4 is 28.4 Å². The lowest BCUT2D eigenvalue weighted by molar-refractivity contribution is -0.116. The van der Waals surface area contributed by atoms with E-state index in [1.54, 1.807) is 18.3 Å². The van der Waals surface area contributed by atoms with Crippen molar-refractivity contribution in [2.75, 3.05) is 0 Å². The van der Waals surface area contributed by atoms with Crippen LogP contribution in [-0.4, -0.2) is 22.5 Å². The summed E-state index contributed by atoms with van der Waals surface area (Å²) in [6.07, 6.45) is 8.98. The van der Waals surface area contributed by atoms with Crippen molar-refractivity contribution in [1.29, 1.82) is 0 Å². The van der Waals surface area contributed by atoms with Gasteiger partial charge in [-0.3, -0.25) is 9.59 Å². The first-order valence-electron chi connectivity index (χ1n) is 8.95. The first-order chi connectivity index (χ1) is 12.8. The van der Waals surface area contributed by atoms with Gasteiger partial charge in [0, 0.05) is 34.8 Å². The average Bonchev–Trinajstić information content (AvgIpc) is 3.04. The number of nitrogens with zero attached hydrogens (tertiary/aromatic N) is 1. The van der Waals surface area contributed by atoms with Gasteiger partial charge in [-0.2, -0.15) is 0 Å². The number of benzene rings is 1. The van der Waals surface area contributed by atoms with Gasteiger partial charge in [0.25, 0.3) is 5.91 Å². The van der Waals surface area contributed by atoms with Gasteiger partial charge in [-0.25, -0.2) is 4.99 Å². The molecule has 136 valence electrons. The van der Waals surface area contributed by atoms with Crippen LogP contribution < -0.4 is 5.32 Å². The van der Waals surface area contributed by atoms with Crippen LogP contribution in [-0.2, 0) is 4.79 Å². The molecule has 5 nitrogen and oxygen atoms in total. The molecule has 0 radical (unpaired) electrons. The zero-order chi connectivity index (χ0) is 19.2. The molecule has 0 fully saturated rings. The maximum atomic E-state index is 12.7. The predicted octanol–water partition coefficient (Wildman–Crippen LogP) is 3.92. The highest BCUT2D eigenvalue weighted by Gasteiger charge is 2.32. The number of hydrogen-bond donors (Lipinski definition) is 2. The smallest absolute Gasteiger partial charge is 0.279 e. The Hall–Kier alpha value is -3.21. The predicted molar refractivity (Wildman–Crippen MR) is 106 cm³/mol. The molecule has 2 N–H and O–H groups in total. The molecule has 27 heavy (non-hydrogen) atoms. The highest BCUT2D eigenvalue weighted by atomic mass is 16.2. The maximum Gasteiger partial charge on any atom is 0.279 e. The number of para-hydroxylation sites is 1. The fraction of sp³-hybridized carbons (Fsp3) is 0.227. The summed E-state index contributed by atoms with van der Waals surface area (Å²) in [7, 11) is 0. The molecule has 2 aliphatic rings. The van der Waals surface area contributed by atoms with E-state index in [0.717, 1.165) is 22.2 Å². The van der Waals surface area contributed by atoms with E-state index in [4.69, 9.17) is 0 Å². The molecular formula is C22H21N3O2. The molecule has 1 unspecified atom stereocenters. The number of amides is 2. The Morgan fingerprint density at radius 1 is 1.15 bits per heavy atom. The quantitative estimate of drug-likeness (QED) is 0.810. The third kappa shape index (κ3) is 3.16. The van der Waals surface area contributed by atoms with Crippen LogP contribution in [0.3, 0.4) is 0 Å². The molecule has 0 saturated heterocycles. The number of hydrogen-bond acceptors (Lipinski definition) is 2. The Bertz CT molecular complexity index is 1070. The zero-order valence-corrected chi connectivity index (χ0v) is 15.5. The Balaban J connectivity index is 1.67. The maximum absolute atomic E-state index is 12.7. The third-order valence-corrected chi connectivity index (χ3v) is 4.90. The van der Waals surface area contributed by atoms with Gasteiger partial charge in [0.15, 0.2) is 0 Å². The molecule has 1 aromatic carbocycles. The summed E-state index contributed by atoms with van der Waals surface area (Å²) in [5, 5.41) is 3.73. The highest BCUT2D eigenvalue weighted by Crippen LogP contribution is 2.38. The second-order valence-corrected chi connectivity index (χ2v) is 7.87. The van der Waals surface area contributed by atoms with Crippen LogP contribution in [0.5, 0.6) is 0 Å². The van der Waals surface area contributed by atoms with E-state index in [-0.39, 0.29) is 23.1 Å². The van der Waals surface area contributed by atoms with Crippen molar-refractivity contribution in [2.24, 2.45) is 16.3 Å². The van der Waals surface area contributed by atoms with Crippen molar-refractivity contribution in [1.82, 2.24) is 10.3 Å². The topological polar surface area (TPSA) is 74.3 Å². The van der Waals surface area contributed by atoms with E-state index in [9.17, 15) is 9.59 Å². The molecule has 0 spiro atoms. The molecule has 2 amide bonds. The minimum atomic E-state index is -0.309. The zero-order valence-electron chi connectivity index (χ0n) is 15.5. The Kier molecular flexibility index (Phi) is 3.95. The molecule has 1 aliphatic heterocycles. The van der Waals surface area contributed by atoms with Crippen LogP contribution in [0, 0.1) is 11.3 Å². The summed E-state index contributed by atoms with van der Waals surface area (Å²) < 4.78 is 0. The van der Waals surface area contributed by atoms with E-state index >= 15 is 0 Å². The monoisotopic (exact) mass is 359 g/mol. The minimum Gasteiger partial charge on any atom is -0.360 e. The van der Waals surface area contributed by atoms with Crippen LogP contribution >= 0.6 is 0 Å². The summed E-state index contributed by atoms with van der Waals surface area (Å²) >= 11 is 0. The summed E-state index contributed by atoms with van der Waals surface area (Å²) in [6.45, 7) is 6.27. The van der Waals surface area contributed by atoms with Gasteiger partial charge in [0.1, 0.15) is 0 Å². The number of aromatic nitrogens is 1. The van der Waals surface area contributed by atoms with E-state index < -0.39 is 0 Å². The van der Waals surface area contributed by atoms with Crippen molar-refractivity contribution in [2.45, 2.75) is 20.8 Å². The lowest BCUT2D eigenvalue weighted by atomic mass is 9.74. The van der Waals surface area contributed by atoms with Crippen LogP contribution in [0.4, 0.5) is 0 Å². The fourth-order valence-electron chi connectivity index (χ4n) is 3.57. The number of aliphatic imine (C=N–C) groups is 1. The number of allylic oxidation sites excluding steroid dienone is 3. The molecule has 1 aromatic heterocycles. The summed E-state index contributed by atoms with van der Waals surface area (Å²) in [5.41, 5.74) is 3.66. The van der Waals surface area contributed by atoms with Crippen molar-refractivity contribution in [3.05, 3.63) is 71.6 Å². The Labute approximate surface area is 157 Å². The number of fused-ring (bicyclic) bond motifs is 2. The minimum absolute atomic E-state index is 0.00448. The highest BCUT2D eigenvalue weighted by molar-refractivity contribution is 6.17. The van der Waals surface area contributed by atoms with Crippen LogP contribution in [0.25, 0.3) is 10.9 Å². The van der Waals surface area contributed by atoms with E-state index in [0.29, 0.717) is 11.3 Å². The van der Waals surface area contributed by atoms with Gasteiger partial charge in [-0.15, -0.1) is 0 Å². The molecule has 1 atom stereocenters. The SMILES string of the molecule is CC(C)(C)C1=CC(=O)NC2=CC(=NC(=O)c3c[nH]c4ccccc34)C=CC21. The standard InChI is InChI=1S/C22H21N3O2/c1-22(2,3)17-11-20(26)25-19-10-13(8-9-15(17)19)24-21(27)16-12-23-18-7-5-4-6-14(16)18/h4-12,15,23H,1-3H3,(H,25,26). The third-order valence-electron chi connectivity index (χ3n) is 4.90. The number of H-pyrrole nitrogens is 1. The van der Waals surface area contributed by atoms with Gasteiger partial charge in [-0.1, -0.05) is 45.0 Å². The van der Waals surface area contributed by atoms with Crippen molar-refractivity contribution < 1.29 is 9.59 Å². The van der Waals surface area contributed by atoms with Crippen molar-refractivity contribution in [3.8, 4) is 0 Å². The van der Waals surface area contributed by atoms with Gasteiger partial charge >= 0.3 is 0 Å². The van der Waals surface area contributed by atoms with Gasteiger partial charge < -0.3 is 10.3 Å². The molecule has 0 saturated carbocycles. The molecule has 0 bridgehead atoms. The lowest BCUT2D eigenvalue weighted by Crippen LogP contribution is -2.36. The summed E-state index contributed by atoms with van der Waals surface area (Å²) in [5.74, 6) is -0.444. The number of rotatable bonds is 1. The van der Waals surface area contributed by atoms with E-state index in [1.165, 1.54) is 0 Å². The van der Waals surface area contributed by atoms with E-state index in [1.807, 2.05) is 36.4 Å². The normalized spacial score (nSPS) is 20.9. The molecular weight excluding hydrogens is 338 g/mol. The average molecular weight is 359 g/mol. The van der Waals surface area contributed by atoms with Crippen LogP contribution in [0.15, 0.2) is 71.0 Å². The summed E-state index contributed by atoms with van der Waals surface area (Å²) in [6, 6.07) is 7.63. The molecule has 2 aromatic rings. The second-order valence-electron chi connectivity index (χ2n) is 7.87. The Morgan fingerprint density at radius 2 is 1.93 bits per heavy atom. The largest absolute Gasteiger partial charge is 0.360 e. The van der Waals surface area contributed by atoms with Gasteiger partial charge in [0.05, 0.1) is 11.3 Å². The number of nitrogens with one attached hydrogen (secondary N) is 2. The number of carbonyl (C=O) groups excluding carboxylic acids is 2. The van der Waals surface area contributed by atoms with Crippen LogP contribution in [0.2, 0.25) is 0 Å².